The second-order valence-electron chi connectivity index (χ2n) is 25.0. The lowest BCUT2D eigenvalue weighted by Gasteiger charge is -2.52. The lowest BCUT2D eigenvalue weighted by Crippen LogP contribution is -2.67. The molecule has 4 aliphatic rings. The van der Waals surface area contributed by atoms with Crippen LogP contribution in [0.25, 0.3) is 22.3 Å². The Morgan fingerprint density at radius 3 is 1.38 bits per heavy atom. The third-order valence-corrected chi connectivity index (χ3v) is 37.7. The number of hydrogen-bond donors (Lipinski definition) is 4. The third-order valence-electron chi connectivity index (χ3n) is 17.2. The van der Waals surface area contributed by atoms with Crippen LogP contribution in [-0.4, -0.2) is 138 Å². The van der Waals surface area contributed by atoms with Gasteiger partial charge in [-0.2, -0.15) is 0 Å². The molecule has 0 radical (unpaired) electrons. The number of rotatable bonds is 16. The van der Waals surface area contributed by atoms with Gasteiger partial charge < -0.3 is 56.7 Å². The number of carbonyl (C=O) groups excluding carboxylic acids is 1. The van der Waals surface area contributed by atoms with Gasteiger partial charge in [-0.25, -0.2) is 29.9 Å². The molecule has 5 aromatic rings. The smallest absolute Gasteiger partial charge is 0.335 e. The fourth-order valence-corrected chi connectivity index (χ4v) is 35.4. The summed E-state index contributed by atoms with van der Waals surface area (Å²) in [4.78, 5) is 39.2. The minimum Gasteiger partial charge on any atom is -0.414 e. The zero-order valence-corrected chi connectivity index (χ0v) is 54.9. The van der Waals surface area contributed by atoms with Gasteiger partial charge >= 0.3 is 34.2 Å². The number of imidazole rings is 2. The first-order valence-electron chi connectivity index (χ1n) is 29.1. The Kier molecular flexibility index (Phi) is 21.6. The van der Waals surface area contributed by atoms with Crippen molar-refractivity contribution >= 4 is 74.1 Å². The van der Waals surface area contributed by atoms with Gasteiger partial charge in [0.25, 0.3) is 5.91 Å². The molecule has 5 N–H and O–H groups in total. The molecule has 25 heteroatoms. The van der Waals surface area contributed by atoms with Gasteiger partial charge in [-0.3, -0.25) is 13.9 Å². The van der Waals surface area contributed by atoms with Crippen LogP contribution in [0.4, 0.5) is 11.6 Å². The first-order valence-corrected chi connectivity index (χ1v) is 37.0. The number of ether oxygens (including phenoxy) is 2. The van der Waals surface area contributed by atoms with Crippen molar-refractivity contribution in [2.75, 3.05) is 24.3 Å². The number of fused-ring (bicyclic) bond motifs is 4. The molecule has 0 aliphatic carbocycles. The Morgan fingerprint density at radius 2 is 0.988 bits per heavy atom. The Labute approximate surface area is 502 Å². The maximum atomic E-state index is 12.9. The lowest BCUT2D eigenvalue weighted by atomic mass is 9.90. The summed E-state index contributed by atoms with van der Waals surface area (Å²) in [6.07, 6.45) is 5.31. The number of carbonyl (C=O) groups is 1. The fourth-order valence-electron chi connectivity index (χ4n) is 12.9. The van der Waals surface area contributed by atoms with E-state index in [0.717, 1.165) is 0 Å². The van der Waals surface area contributed by atoms with Crippen molar-refractivity contribution in [3.8, 4) is 0 Å². The highest BCUT2D eigenvalue weighted by molar-refractivity contribution is 6.84. The van der Waals surface area contributed by atoms with Crippen molar-refractivity contribution in [1.82, 2.24) is 39.0 Å². The summed E-state index contributed by atoms with van der Waals surface area (Å²) >= 11 is 0. The number of nitrogen functional groups attached to an aromatic ring is 1. The molecule has 9 rings (SSSR count). The number of hydrogen-bond acceptors (Lipinski definition) is 18. The summed E-state index contributed by atoms with van der Waals surface area (Å²) in [5, 5.41) is 27.9. The molecule has 4 saturated heterocycles. The van der Waals surface area contributed by atoms with Crippen LogP contribution < -0.4 is 11.1 Å². The molecule has 21 nitrogen and oxygen atoms in total. The van der Waals surface area contributed by atoms with Crippen LogP contribution in [0.3, 0.4) is 0 Å². The van der Waals surface area contributed by atoms with Crippen LogP contribution in [0.5, 0.6) is 0 Å². The van der Waals surface area contributed by atoms with E-state index >= 15 is 0 Å². The summed E-state index contributed by atoms with van der Waals surface area (Å²) < 4.78 is 59.6. The van der Waals surface area contributed by atoms with Crippen LogP contribution in [0, 0.1) is 0 Å². The van der Waals surface area contributed by atoms with Crippen LogP contribution in [-0.2, 0) is 35.4 Å². The fraction of sp³-hybridized carbons (Fsp3) is 0.644. The minimum atomic E-state index is -3.05. The van der Waals surface area contributed by atoms with E-state index in [1.807, 2.05) is 6.07 Å². The van der Waals surface area contributed by atoms with Crippen LogP contribution >= 0.6 is 0 Å². The SMILES string of the molecule is C.C.C=CC[C@]1(O)C(n2cnc3c(N)ncnc32)O[C@@H]2CO[Si](C(C)C)(C(C)C)O[Si](C(C)C)(C(C)C)O[C@H]21.C=CC[C@]1(O)C(n2cnc3c(NC(=O)c4ccccc4)ncnc32)O[C@@H]2CO[Si](C(C)C)(C(C)C)O[Si](C(C)C)(C(C)C)O[C@H]21. The minimum absolute atomic E-state index is 0. The predicted octanol–water partition coefficient (Wildman–Crippen LogP) is 12.1. The number of nitrogens with zero attached hydrogens (tertiary/aromatic N) is 8. The van der Waals surface area contributed by atoms with E-state index in [-0.39, 0.29) is 103 Å². The number of amides is 1. The van der Waals surface area contributed by atoms with E-state index in [9.17, 15) is 15.0 Å². The molecular formula is C59H98N10O11Si4. The summed E-state index contributed by atoms with van der Waals surface area (Å²) in [7, 11) is -11.6. The molecule has 1 amide bonds. The molecule has 8 heterocycles. The van der Waals surface area contributed by atoms with Crippen molar-refractivity contribution in [3.05, 3.63) is 86.5 Å². The van der Waals surface area contributed by atoms with Gasteiger partial charge in [0.1, 0.15) is 53.8 Å². The number of aliphatic hydroxyl groups is 2. The highest BCUT2D eigenvalue weighted by atomic mass is 28.5. The average Bonchev–Trinajstić information content (AvgIpc) is 1.76. The maximum Gasteiger partial charge on any atom is 0.335 e. The lowest BCUT2D eigenvalue weighted by molar-refractivity contribution is -0.104. The molecular weight excluding hydrogens is 1140 g/mol. The van der Waals surface area contributed by atoms with E-state index in [1.165, 1.54) is 12.7 Å². The Hall–Kier alpha value is -4.46. The zero-order chi connectivity index (χ0) is 60.1. The highest BCUT2D eigenvalue weighted by Crippen LogP contribution is 2.54. The summed E-state index contributed by atoms with van der Waals surface area (Å²) in [5.41, 5.74) is 6.37. The Balaban J connectivity index is 0.000000268. The first-order chi connectivity index (χ1) is 38.6. The van der Waals surface area contributed by atoms with Crippen molar-refractivity contribution in [3.63, 3.8) is 0 Å². The van der Waals surface area contributed by atoms with Gasteiger partial charge in [0.2, 0.25) is 0 Å². The van der Waals surface area contributed by atoms with E-state index in [4.69, 9.17) is 41.1 Å². The largest absolute Gasteiger partial charge is 0.414 e. The number of nitrogens with one attached hydrogen (secondary N) is 1. The van der Waals surface area contributed by atoms with Gasteiger partial charge in [-0.1, -0.05) is 156 Å². The van der Waals surface area contributed by atoms with E-state index in [2.05, 4.69) is 159 Å². The molecule has 0 bridgehead atoms. The molecule has 466 valence electrons. The molecule has 84 heavy (non-hydrogen) atoms. The van der Waals surface area contributed by atoms with Crippen molar-refractivity contribution in [1.29, 1.82) is 0 Å². The predicted molar refractivity (Wildman–Crippen MR) is 338 cm³/mol. The van der Waals surface area contributed by atoms with Crippen LogP contribution in [0.15, 0.2) is 81.0 Å². The summed E-state index contributed by atoms with van der Waals surface area (Å²) in [6, 6.07) is 8.88. The van der Waals surface area contributed by atoms with Gasteiger partial charge in [0.05, 0.1) is 25.9 Å². The van der Waals surface area contributed by atoms with Gasteiger partial charge in [-0.05, 0) is 56.5 Å². The average molecular weight is 1240 g/mol. The number of nitrogens with two attached hydrogens (primary N) is 1. The van der Waals surface area contributed by atoms with Crippen LogP contribution in [0.2, 0.25) is 44.3 Å². The first kappa shape index (κ1) is 68.6. The maximum absolute atomic E-state index is 12.9. The molecule has 1 aromatic carbocycles. The van der Waals surface area contributed by atoms with Crippen molar-refractivity contribution < 1.29 is 50.4 Å². The van der Waals surface area contributed by atoms with Crippen molar-refractivity contribution in [2.24, 2.45) is 0 Å². The van der Waals surface area contributed by atoms with E-state index in [0.29, 0.717) is 27.9 Å². The molecule has 8 atom stereocenters. The second-order valence-corrected chi connectivity index (χ2v) is 42.7. The normalized spacial score (nSPS) is 27.2. The van der Waals surface area contributed by atoms with Gasteiger partial charge in [0.15, 0.2) is 40.9 Å². The number of anilines is 2. The van der Waals surface area contributed by atoms with Gasteiger partial charge in [0, 0.05) is 18.4 Å². The monoisotopic (exact) mass is 1230 g/mol. The number of aromatic nitrogens is 8. The number of benzene rings is 1. The highest BCUT2D eigenvalue weighted by Gasteiger charge is 2.67. The molecule has 0 spiro atoms. The Bertz CT molecular complexity index is 3010. The van der Waals surface area contributed by atoms with E-state index < -0.39 is 82.3 Å². The zero-order valence-electron chi connectivity index (χ0n) is 50.9. The van der Waals surface area contributed by atoms with Crippen LogP contribution in [0.1, 0.15) is 161 Å². The molecule has 4 aromatic heterocycles. The molecule has 0 saturated carbocycles. The quantitative estimate of drug-likeness (QED) is 0.0529. The summed E-state index contributed by atoms with van der Waals surface area (Å²) in [5.74, 6) is 0.206. The molecule has 4 aliphatic heterocycles. The summed E-state index contributed by atoms with van der Waals surface area (Å²) in [6.45, 7) is 43.0. The van der Waals surface area contributed by atoms with Crippen molar-refractivity contribution in [2.45, 2.75) is 231 Å². The van der Waals surface area contributed by atoms with E-state index in [1.54, 1.807) is 58.2 Å². The van der Waals surface area contributed by atoms with Gasteiger partial charge in [-0.15, -0.1) is 13.2 Å². The molecule has 2 unspecified atom stereocenters. The third kappa shape index (κ3) is 11.9. The standard InChI is InChI=1S/C32H47N5O6Si2.C25H43N5O5Si2.2CH4/c1-10-16-32(39)27-25(17-40-44(20(2)3,21(4)5)43-45(42-27,22(6)7)23(8)9)41-31(32)37-19-35-26-28(33-18-34-29(26)37)36-30(38)24-14-12-11-13-15-24;1-10-11-25(31)21-19(33-24(25)30-14-29-20-22(26)27-13-28-23(20)30)12-32-36(15(2)3,16(4)5)35-37(34-21,17(6)7)18(8)9;;/h10-15,18-23,25,27,31,39H,1,16-17H2,2-9H3,(H,33,34,36,38);10,13-19,21,24,31H,1,11-12H2,2-9H3,(H2,26,27,28);2*1H4/t25-,27-,31?,32-;19-,21-,24?,25-;;/m11../s1. The molecule has 4 fully saturated rings. The Morgan fingerprint density at radius 1 is 0.607 bits per heavy atom. The second kappa shape index (κ2) is 26.5. The topological polar surface area (TPSA) is 257 Å².